The Hall–Kier alpha value is -0.890. The van der Waals surface area contributed by atoms with E-state index >= 15 is 0 Å². The first-order valence-electron chi connectivity index (χ1n) is 4.45. The standard InChI is InChI=1S/C9H11BrN2O4.ClH/c1-4(13)8(11)6-2-5(10)3-7(9(6)14)12(15)16;/h2-4,8,13-14H,11H2,1H3;1H/t4-,8-;/m1./s1. The van der Waals surface area contributed by atoms with Gasteiger partial charge in [0.2, 0.25) is 0 Å². The Morgan fingerprint density at radius 3 is 2.47 bits per heavy atom. The fraction of sp³-hybridized carbons (Fsp3) is 0.333. The first-order valence-corrected chi connectivity index (χ1v) is 5.24. The van der Waals surface area contributed by atoms with Gasteiger partial charge in [-0.3, -0.25) is 10.1 Å². The number of benzene rings is 1. The minimum absolute atomic E-state index is 0. The molecule has 17 heavy (non-hydrogen) atoms. The number of nitrogens with two attached hydrogens (primary N) is 1. The third kappa shape index (κ3) is 3.53. The highest BCUT2D eigenvalue weighted by molar-refractivity contribution is 9.10. The predicted octanol–water partition coefficient (Wildman–Crippen LogP) is 1.87. The number of aromatic hydroxyl groups is 1. The summed E-state index contributed by atoms with van der Waals surface area (Å²) in [5.74, 6) is -0.512. The second-order valence-corrected chi connectivity index (χ2v) is 4.30. The minimum atomic E-state index is -0.917. The molecule has 0 aliphatic heterocycles. The van der Waals surface area contributed by atoms with Crippen LogP contribution in [0.15, 0.2) is 16.6 Å². The molecule has 0 heterocycles. The number of nitro groups is 1. The van der Waals surface area contributed by atoms with Gasteiger partial charge < -0.3 is 15.9 Å². The molecule has 8 heteroatoms. The van der Waals surface area contributed by atoms with Crippen LogP contribution in [-0.4, -0.2) is 21.2 Å². The van der Waals surface area contributed by atoms with Crippen LogP contribution in [0.4, 0.5) is 5.69 Å². The quantitative estimate of drug-likeness (QED) is 0.580. The van der Waals surface area contributed by atoms with Crippen LogP contribution in [0.3, 0.4) is 0 Å². The summed E-state index contributed by atoms with van der Waals surface area (Å²) in [4.78, 5) is 9.93. The zero-order valence-corrected chi connectivity index (χ0v) is 11.2. The maximum Gasteiger partial charge on any atom is 0.312 e. The lowest BCUT2D eigenvalue weighted by Crippen LogP contribution is -2.23. The molecule has 6 nitrogen and oxygen atoms in total. The number of hydrogen-bond acceptors (Lipinski definition) is 5. The van der Waals surface area contributed by atoms with Crippen LogP contribution in [0.25, 0.3) is 0 Å². The largest absolute Gasteiger partial charge is 0.502 e. The van der Waals surface area contributed by atoms with Gasteiger partial charge in [0.1, 0.15) is 0 Å². The molecule has 0 radical (unpaired) electrons. The van der Waals surface area contributed by atoms with Crippen molar-refractivity contribution >= 4 is 34.0 Å². The van der Waals surface area contributed by atoms with Crippen molar-refractivity contribution in [3.05, 3.63) is 32.3 Å². The van der Waals surface area contributed by atoms with E-state index in [2.05, 4.69) is 15.9 Å². The summed E-state index contributed by atoms with van der Waals surface area (Å²) < 4.78 is 0.420. The van der Waals surface area contributed by atoms with Gasteiger partial charge in [-0.25, -0.2) is 0 Å². The van der Waals surface area contributed by atoms with E-state index in [1.54, 1.807) is 0 Å². The summed E-state index contributed by atoms with van der Waals surface area (Å²) >= 11 is 3.08. The Kier molecular flexibility index (Phi) is 5.83. The molecule has 96 valence electrons. The Morgan fingerprint density at radius 2 is 2.06 bits per heavy atom. The summed E-state index contributed by atoms with van der Waals surface area (Å²) in [6.07, 6.45) is -0.917. The SMILES string of the molecule is C[C@@H](O)[C@@H](N)c1cc(Br)cc([N+](=O)[O-])c1O.Cl. The van der Waals surface area contributed by atoms with Crippen LogP contribution >= 0.6 is 28.3 Å². The number of aliphatic hydroxyl groups is 1. The number of phenols is 1. The first kappa shape index (κ1) is 16.1. The molecule has 0 bridgehead atoms. The summed E-state index contributed by atoms with van der Waals surface area (Å²) in [5, 5.41) is 29.6. The molecule has 0 spiro atoms. The number of nitrogens with zero attached hydrogens (tertiary/aromatic N) is 1. The number of phenolic OH excluding ortho intramolecular Hbond substituents is 1. The number of aliphatic hydroxyl groups excluding tert-OH is 1. The van der Waals surface area contributed by atoms with E-state index in [1.165, 1.54) is 19.1 Å². The van der Waals surface area contributed by atoms with E-state index in [-0.39, 0.29) is 18.0 Å². The van der Waals surface area contributed by atoms with E-state index in [0.29, 0.717) is 4.47 Å². The molecule has 0 amide bonds. The Labute approximate surface area is 112 Å². The van der Waals surface area contributed by atoms with Gasteiger partial charge in [0.25, 0.3) is 0 Å². The minimum Gasteiger partial charge on any atom is -0.502 e. The lowest BCUT2D eigenvalue weighted by atomic mass is 10.0. The van der Waals surface area contributed by atoms with Crippen LogP contribution in [0.5, 0.6) is 5.75 Å². The van der Waals surface area contributed by atoms with Gasteiger partial charge in [-0.15, -0.1) is 12.4 Å². The van der Waals surface area contributed by atoms with Crippen LogP contribution in [-0.2, 0) is 0 Å². The van der Waals surface area contributed by atoms with Crippen molar-refractivity contribution in [1.29, 1.82) is 0 Å². The maximum atomic E-state index is 10.6. The highest BCUT2D eigenvalue weighted by Crippen LogP contribution is 2.36. The molecule has 0 saturated carbocycles. The molecular weight excluding hydrogens is 315 g/mol. The zero-order valence-electron chi connectivity index (χ0n) is 8.83. The highest BCUT2D eigenvalue weighted by atomic mass is 79.9. The molecule has 1 rings (SSSR count). The first-order chi connectivity index (χ1) is 7.34. The number of nitro benzene ring substituents is 1. The fourth-order valence-electron chi connectivity index (χ4n) is 1.26. The van der Waals surface area contributed by atoms with Crippen molar-refractivity contribution in [3.63, 3.8) is 0 Å². The van der Waals surface area contributed by atoms with Gasteiger partial charge >= 0.3 is 5.69 Å². The topological polar surface area (TPSA) is 110 Å². The third-order valence-electron chi connectivity index (χ3n) is 2.16. The molecular formula is C9H12BrClN2O4. The molecule has 0 aromatic heterocycles. The van der Waals surface area contributed by atoms with Crippen LogP contribution in [0.1, 0.15) is 18.5 Å². The van der Waals surface area contributed by atoms with Gasteiger partial charge in [0.15, 0.2) is 5.75 Å². The fourth-order valence-corrected chi connectivity index (χ4v) is 1.72. The number of hydrogen-bond donors (Lipinski definition) is 3. The normalized spacial score (nSPS) is 13.6. The Balaban J connectivity index is 0.00000256. The van der Waals surface area contributed by atoms with E-state index in [9.17, 15) is 20.3 Å². The van der Waals surface area contributed by atoms with Gasteiger partial charge in [0.05, 0.1) is 17.1 Å². The molecule has 0 unspecified atom stereocenters. The van der Waals surface area contributed by atoms with E-state index < -0.39 is 28.5 Å². The summed E-state index contributed by atoms with van der Waals surface area (Å²) in [6, 6.07) is 1.74. The molecule has 2 atom stereocenters. The summed E-state index contributed by atoms with van der Waals surface area (Å²) in [6.45, 7) is 1.44. The molecule has 1 aromatic carbocycles. The molecule has 0 aliphatic carbocycles. The van der Waals surface area contributed by atoms with Crippen LogP contribution < -0.4 is 5.73 Å². The number of rotatable bonds is 3. The van der Waals surface area contributed by atoms with Gasteiger partial charge in [0, 0.05) is 16.1 Å². The average Bonchev–Trinajstić information content (AvgIpc) is 2.19. The lowest BCUT2D eigenvalue weighted by molar-refractivity contribution is -0.386. The van der Waals surface area contributed by atoms with E-state index in [0.717, 1.165) is 0 Å². The van der Waals surface area contributed by atoms with Crippen molar-refractivity contribution < 1.29 is 15.1 Å². The summed E-state index contributed by atoms with van der Waals surface area (Å²) in [7, 11) is 0. The van der Waals surface area contributed by atoms with Gasteiger partial charge in [-0.2, -0.15) is 0 Å². The number of halogens is 2. The van der Waals surface area contributed by atoms with Crippen molar-refractivity contribution in [1.82, 2.24) is 0 Å². The average molecular weight is 328 g/mol. The molecule has 0 saturated heterocycles. The Bertz CT molecular complexity index is 428. The maximum absolute atomic E-state index is 10.6. The predicted molar refractivity (Wildman–Crippen MR) is 68.3 cm³/mol. The van der Waals surface area contributed by atoms with Crippen molar-refractivity contribution in [3.8, 4) is 5.75 Å². The monoisotopic (exact) mass is 326 g/mol. The smallest absolute Gasteiger partial charge is 0.312 e. The van der Waals surface area contributed by atoms with E-state index in [1.807, 2.05) is 0 Å². The Morgan fingerprint density at radius 1 is 1.53 bits per heavy atom. The summed E-state index contributed by atoms with van der Waals surface area (Å²) in [5.41, 5.74) is 5.31. The molecule has 1 aromatic rings. The third-order valence-corrected chi connectivity index (χ3v) is 2.62. The van der Waals surface area contributed by atoms with Crippen LogP contribution in [0.2, 0.25) is 0 Å². The zero-order chi connectivity index (χ0) is 12.5. The van der Waals surface area contributed by atoms with Gasteiger partial charge in [-0.05, 0) is 13.0 Å². The molecule has 4 N–H and O–H groups in total. The second kappa shape index (κ2) is 6.15. The second-order valence-electron chi connectivity index (χ2n) is 3.39. The van der Waals surface area contributed by atoms with E-state index in [4.69, 9.17) is 5.73 Å². The highest BCUT2D eigenvalue weighted by Gasteiger charge is 2.24. The van der Waals surface area contributed by atoms with Crippen LogP contribution in [0, 0.1) is 10.1 Å². The van der Waals surface area contributed by atoms with Crippen molar-refractivity contribution in [2.24, 2.45) is 5.73 Å². The lowest BCUT2D eigenvalue weighted by Gasteiger charge is -2.16. The molecule has 0 aliphatic rings. The van der Waals surface area contributed by atoms with Crippen molar-refractivity contribution in [2.75, 3.05) is 0 Å². The van der Waals surface area contributed by atoms with Gasteiger partial charge in [-0.1, -0.05) is 15.9 Å². The molecule has 0 fully saturated rings. The van der Waals surface area contributed by atoms with Crippen molar-refractivity contribution in [2.45, 2.75) is 19.1 Å².